The van der Waals surface area contributed by atoms with Crippen LogP contribution in [0.15, 0.2) is 83.2 Å². The van der Waals surface area contributed by atoms with Crippen LogP contribution in [-0.2, 0) is 10.5 Å². The first-order valence-electron chi connectivity index (χ1n) is 12.5. The molecular weight excluding hydrogens is 494 g/mol. The van der Waals surface area contributed by atoms with Gasteiger partial charge in [0.2, 0.25) is 11.1 Å². The third-order valence-corrected chi connectivity index (χ3v) is 7.56. The van der Waals surface area contributed by atoms with E-state index < -0.39 is 6.04 Å². The van der Waals surface area contributed by atoms with Gasteiger partial charge in [-0.25, -0.2) is 4.68 Å². The number of aryl methyl sites for hydroxylation is 3. The number of thioether (sulfide) groups is 1. The Bertz CT molecular complexity index is 1510. The van der Waals surface area contributed by atoms with Gasteiger partial charge in [0.15, 0.2) is 0 Å². The molecule has 38 heavy (non-hydrogen) atoms. The quantitative estimate of drug-likeness (QED) is 0.271. The predicted octanol–water partition coefficient (Wildman–Crippen LogP) is 6.43. The van der Waals surface area contributed by atoms with Gasteiger partial charge in [0.1, 0.15) is 11.8 Å². The highest BCUT2D eigenvalue weighted by molar-refractivity contribution is 7.98. The summed E-state index contributed by atoms with van der Waals surface area (Å²) in [6.45, 7) is 8.19. The Morgan fingerprint density at radius 3 is 2.39 bits per heavy atom. The molecule has 3 aromatic carbocycles. The fourth-order valence-corrected chi connectivity index (χ4v) is 5.47. The molecule has 0 spiro atoms. The number of hydrogen-bond acceptors (Lipinski definition) is 6. The van der Waals surface area contributed by atoms with Crippen LogP contribution in [0.4, 0.5) is 11.6 Å². The van der Waals surface area contributed by atoms with Crippen LogP contribution in [0.5, 0.6) is 5.75 Å². The van der Waals surface area contributed by atoms with E-state index in [1.54, 1.807) is 18.9 Å². The molecule has 7 nitrogen and oxygen atoms in total. The Kier molecular flexibility index (Phi) is 7.24. The number of methoxy groups -OCH3 is 1. The van der Waals surface area contributed by atoms with E-state index in [-0.39, 0.29) is 5.91 Å². The van der Waals surface area contributed by atoms with Gasteiger partial charge in [-0.1, -0.05) is 65.4 Å². The van der Waals surface area contributed by atoms with Crippen molar-refractivity contribution in [1.29, 1.82) is 0 Å². The van der Waals surface area contributed by atoms with Crippen molar-refractivity contribution < 1.29 is 9.53 Å². The maximum Gasteiger partial charge on any atom is 0.255 e. The molecule has 1 atom stereocenters. The standard InChI is InChI=1S/C30H31N5O2S/c1-18-6-9-22(10-7-18)27-26(28(36)32-24-12-14-25(37-5)15-13-24)21(4)31-29-33-30(34-35(27)29)38-17-23-11-8-19(2)16-20(23)3/h6-16,27H,17H2,1-5H3,(H,32,36)(H,31,33,34). The maximum absolute atomic E-state index is 13.7. The molecule has 194 valence electrons. The first-order valence-corrected chi connectivity index (χ1v) is 13.5. The summed E-state index contributed by atoms with van der Waals surface area (Å²) < 4.78 is 7.06. The molecule has 5 rings (SSSR count). The van der Waals surface area contributed by atoms with Crippen molar-refractivity contribution in [2.45, 2.75) is 44.6 Å². The number of fused-ring (bicyclic) bond motifs is 1. The summed E-state index contributed by atoms with van der Waals surface area (Å²) in [6.07, 6.45) is 0. The molecule has 2 heterocycles. The molecule has 4 aromatic rings. The fraction of sp³-hybridized carbons (Fsp3) is 0.233. The van der Waals surface area contributed by atoms with E-state index in [2.05, 4.69) is 54.8 Å². The minimum Gasteiger partial charge on any atom is -0.497 e. The summed E-state index contributed by atoms with van der Waals surface area (Å²) in [5.74, 6) is 1.92. The van der Waals surface area contributed by atoms with Gasteiger partial charge in [0.25, 0.3) is 5.91 Å². The number of hydrogen-bond donors (Lipinski definition) is 2. The summed E-state index contributed by atoms with van der Waals surface area (Å²) in [4.78, 5) is 18.4. The average Bonchev–Trinajstić information content (AvgIpc) is 3.30. The molecule has 1 amide bonds. The van der Waals surface area contributed by atoms with E-state index in [0.717, 1.165) is 28.3 Å². The third-order valence-electron chi connectivity index (χ3n) is 6.67. The Hall–Kier alpha value is -4.04. The molecule has 0 radical (unpaired) electrons. The van der Waals surface area contributed by atoms with Crippen LogP contribution in [0.25, 0.3) is 0 Å². The van der Waals surface area contributed by atoms with E-state index in [4.69, 9.17) is 14.8 Å². The van der Waals surface area contributed by atoms with Crippen LogP contribution in [-0.4, -0.2) is 27.8 Å². The van der Waals surface area contributed by atoms with Crippen LogP contribution in [0.3, 0.4) is 0 Å². The topological polar surface area (TPSA) is 81.1 Å². The van der Waals surface area contributed by atoms with E-state index in [1.807, 2.05) is 54.9 Å². The molecule has 1 aliphatic rings. The first kappa shape index (κ1) is 25.6. The van der Waals surface area contributed by atoms with Gasteiger partial charge in [0.05, 0.1) is 12.7 Å². The molecule has 2 N–H and O–H groups in total. The number of aromatic nitrogens is 3. The van der Waals surface area contributed by atoms with E-state index >= 15 is 0 Å². The van der Waals surface area contributed by atoms with Gasteiger partial charge in [0, 0.05) is 17.1 Å². The van der Waals surface area contributed by atoms with E-state index in [0.29, 0.717) is 22.4 Å². The highest BCUT2D eigenvalue weighted by atomic mass is 32.2. The van der Waals surface area contributed by atoms with Crippen LogP contribution in [0.2, 0.25) is 0 Å². The number of anilines is 2. The molecule has 8 heteroatoms. The largest absolute Gasteiger partial charge is 0.497 e. The highest BCUT2D eigenvalue weighted by Gasteiger charge is 2.34. The summed E-state index contributed by atoms with van der Waals surface area (Å²) in [7, 11) is 1.62. The summed E-state index contributed by atoms with van der Waals surface area (Å²) >= 11 is 1.59. The molecule has 0 bridgehead atoms. The normalized spacial score (nSPS) is 14.6. The van der Waals surface area contributed by atoms with Crippen molar-refractivity contribution in [3.63, 3.8) is 0 Å². The lowest BCUT2D eigenvalue weighted by Gasteiger charge is -2.28. The number of benzene rings is 3. The average molecular weight is 526 g/mol. The number of amides is 1. The second-order valence-corrected chi connectivity index (χ2v) is 10.5. The van der Waals surface area contributed by atoms with E-state index in [9.17, 15) is 4.79 Å². The van der Waals surface area contributed by atoms with Crippen LogP contribution >= 0.6 is 11.8 Å². The van der Waals surface area contributed by atoms with Gasteiger partial charge >= 0.3 is 0 Å². The van der Waals surface area contributed by atoms with Crippen molar-refractivity contribution in [3.05, 3.63) is 106 Å². The zero-order valence-corrected chi connectivity index (χ0v) is 23.0. The Morgan fingerprint density at radius 2 is 1.71 bits per heavy atom. The summed E-state index contributed by atoms with van der Waals surface area (Å²) in [5, 5.41) is 11.9. The molecular formula is C30H31N5O2S. The van der Waals surface area contributed by atoms with Gasteiger partial charge in [-0.15, -0.1) is 5.10 Å². The lowest BCUT2D eigenvalue weighted by atomic mass is 9.94. The number of allylic oxidation sites excluding steroid dienone is 1. The predicted molar refractivity (Wildman–Crippen MR) is 153 cm³/mol. The molecule has 1 aromatic heterocycles. The lowest BCUT2D eigenvalue weighted by molar-refractivity contribution is -0.113. The number of carbonyl (C=O) groups excluding carboxylic acids is 1. The van der Waals surface area contributed by atoms with Gasteiger partial charge in [-0.3, -0.25) is 4.79 Å². The van der Waals surface area contributed by atoms with Gasteiger partial charge < -0.3 is 15.4 Å². The summed E-state index contributed by atoms with van der Waals surface area (Å²) in [6, 6.07) is 21.6. The van der Waals surface area contributed by atoms with Crippen molar-refractivity contribution in [2.24, 2.45) is 0 Å². The Morgan fingerprint density at radius 1 is 1.00 bits per heavy atom. The molecule has 0 saturated heterocycles. The first-order chi connectivity index (χ1) is 18.3. The van der Waals surface area contributed by atoms with Crippen LogP contribution in [0, 0.1) is 20.8 Å². The van der Waals surface area contributed by atoms with Gasteiger partial charge in [-0.2, -0.15) is 4.98 Å². The minimum atomic E-state index is -0.423. The molecule has 1 aliphatic heterocycles. The number of rotatable bonds is 7. The minimum absolute atomic E-state index is 0.198. The van der Waals surface area contributed by atoms with Crippen molar-refractivity contribution in [1.82, 2.24) is 14.8 Å². The van der Waals surface area contributed by atoms with E-state index in [1.165, 1.54) is 16.7 Å². The Labute approximate surface area is 227 Å². The third kappa shape index (κ3) is 5.31. The van der Waals surface area contributed by atoms with Crippen LogP contribution < -0.4 is 15.4 Å². The number of ether oxygens (including phenoxy) is 1. The number of nitrogens with one attached hydrogen (secondary N) is 2. The molecule has 0 fully saturated rings. The van der Waals surface area contributed by atoms with Crippen molar-refractivity contribution in [2.75, 3.05) is 17.7 Å². The zero-order valence-electron chi connectivity index (χ0n) is 22.2. The molecule has 0 aliphatic carbocycles. The molecule has 0 saturated carbocycles. The second-order valence-electron chi connectivity index (χ2n) is 9.54. The highest BCUT2D eigenvalue weighted by Crippen LogP contribution is 2.37. The zero-order chi connectivity index (χ0) is 26.8. The van der Waals surface area contributed by atoms with Crippen molar-refractivity contribution >= 4 is 29.3 Å². The maximum atomic E-state index is 13.7. The number of carbonyl (C=O) groups is 1. The fourth-order valence-electron chi connectivity index (χ4n) is 4.57. The Balaban J connectivity index is 1.46. The van der Waals surface area contributed by atoms with Crippen molar-refractivity contribution in [3.8, 4) is 5.75 Å². The smallest absolute Gasteiger partial charge is 0.255 e. The monoisotopic (exact) mass is 525 g/mol. The molecule has 1 unspecified atom stereocenters. The summed E-state index contributed by atoms with van der Waals surface area (Å²) in [5.41, 5.74) is 7.90. The van der Waals surface area contributed by atoms with Crippen LogP contribution in [0.1, 0.15) is 40.8 Å². The lowest BCUT2D eigenvalue weighted by Crippen LogP contribution is -2.31. The number of nitrogens with zero attached hydrogens (tertiary/aromatic N) is 3. The van der Waals surface area contributed by atoms with Gasteiger partial charge in [-0.05, 0) is 68.7 Å². The second kappa shape index (κ2) is 10.8. The SMILES string of the molecule is COc1ccc(NC(=O)C2=C(C)Nc3nc(SCc4ccc(C)cc4C)nn3C2c2ccc(C)cc2)cc1.